The number of carbonyl (C=O) groups is 1. The van der Waals surface area contributed by atoms with E-state index in [1.165, 1.54) is 0 Å². The normalized spacial score (nSPS) is 15.6. The number of pyridine rings is 1. The van der Waals surface area contributed by atoms with Crippen molar-refractivity contribution in [3.63, 3.8) is 0 Å². The van der Waals surface area contributed by atoms with E-state index in [2.05, 4.69) is 11.9 Å². The number of benzene rings is 1. The van der Waals surface area contributed by atoms with Crippen LogP contribution in [0, 0.1) is 0 Å². The summed E-state index contributed by atoms with van der Waals surface area (Å²) in [7, 11) is 0. The average Bonchev–Trinajstić information content (AvgIpc) is 2.77. The first-order chi connectivity index (χ1) is 8.77. The van der Waals surface area contributed by atoms with E-state index in [9.17, 15) is 4.79 Å². The van der Waals surface area contributed by atoms with Crippen LogP contribution < -0.4 is 0 Å². The standard InChI is InChI=1S/C15H14N2O/c1-11(12-6-3-2-4-7-12)17-10-14-13(15(17)18)8-5-9-16-14/h2-9,11H,10H2,1H3/t11-/m0/s1. The Labute approximate surface area is 106 Å². The highest BCUT2D eigenvalue weighted by Crippen LogP contribution is 2.29. The van der Waals surface area contributed by atoms with E-state index < -0.39 is 0 Å². The molecule has 0 saturated heterocycles. The van der Waals surface area contributed by atoms with Crippen molar-refractivity contribution < 1.29 is 4.79 Å². The third-order valence-corrected chi connectivity index (χ3v) is 3.45. The van der Waals surface area contributed by atoms with Crippen LogP contribution in [0.5, 0.6) is 0 Å². The zero-order valence-electron chi connectivity index (χ0n) is 10.2. The van der Waals surface area contributed by atoms with Gasteiger partial charge in [-0.15, -0.1) is 0 Å². The molecule has 1 amide bonds. The maximum atomic E-state index is 12.3. The molecule has 3 heteroatoms. The van der Waals surface area contributed by atoms with Crippen LogP contribution in [-0.2, 0) is 6.54 Å². The molecule has 0 fully saturated rings. The summed E-state index contributed by atoms with van der Waals surface area (Å²) >= 11 is 0. The fourth-order valence-electron chi connectivity index (χ4n) is 2.37. The Morgan fingerprint density at radius 1 is 1.17 bits per heavy atom. The third-order valence-electron chi connectivity index (χ3n) is 3.45. The van der Waals surface area contributed by atoms with Crippen molar-refractivity contribution in [3.05, 3.63) is 65.5 Å². The number of hydrogen-bond donors (Lipinski definition) is 0. The highest BCUT2D eigenvalue weighted by Gasteiger charge is 2.31. The minimum atomic E-state index is 0.0768. The number of aromatic nitrogens is 1. The summed E-state index contributed by atoms with van der Waals surface area (Å²) in [4.78, 5) is 18.4. The van der Waals surface area contributed by atoms with Crippen LogP contribution in [-0.4, -0.2) is 15.8 Å². The second-order valence-corrected chi connectivity index (χ2v) is 4.52. The Morgan fingerprint density at radius 3 is 2.67 bits per heavy atom. The monoisotopic (exact) mass is 238 g/mol. The van der Waals surface area contributed by atoms with Gasteiger partial charge in [0, 0.05) is 6.20 Å². The Morgan fingerprint density at radius 2 is 1.94 bits per heavy atom. The van der Waals surface area contributed by atoms with E-state index in [-0.39, 0.29) is 11.9 Å². The van der Waals surface area contributed by atoms with E-state index in [0.29, 0.717) is 6.54 Å². The SMILES string of the molecule is C[C@@H](c1ccccc1)N1Cc2ncccc2C1=O. The smallest absolute Gasteiger partial charge is 0.256 e. The van der Waals surface area contributed by atoms with Crippen molar-refractivity contribution in [1.82, 2.24) is 9.88 Å². The molecule has 2 aromatic rings. The number of rotatable bonds is 2. The van der Waals surface area contributed by atoms with E-state index in [4.69, 9.17) is 0 Å². The molecule has 1 atom stereocenters. The van der Waals surface area contributed by atoms with Gasteiger partial charge < -0.3 is 4.90 Å². The molecule has 1 aliphatic heterocycles. The lowest BCUT2D eigenvalue weighted by Gasteiger charge is -2.24. The molecule has 3 rings (SSSR count). The first-order valence-corrected chi connectivity index (χ1v) is 6.07. The van der Waals surface area contributed by atoms with Gasteiger partial charge in [0.2, 0.25) is 0 Å². The van der Waals surface area contributed by atoms with Crippen molar-refractivity contribution in [2.75, 3.05) is 0 Å². The molecule has 1 aromatic heterocycles. The van der Waals surface area contributed by atoms with E-state index in [0.717, 1.165) is 16.8 Å². The summed E-state index contributed by atoms with van der Waals surface area (Å²) in [6, 6.07) is 13.8. The second-order valence-electron chi connectivity index (χ2n) is 4.52. The van der Waals surface area contributed by atoms with Gasteiger partial charge in [-0.3, -0.25) is 9.78 Å². The molecule has 0 bridgehead atoms. The zero-order valence-corrected chi connectivity index (χ0v) is 10.2. The quantitative estimate of drug-likeness (QED) is 0.806. The first kappa shape index (κ1) is 11.0. The van der Waals surface area contributed by atoms with Gasteiger partial charge in [0.1, 0.15) is 0 Å². The number of amides is 1. The Kier molecular flexibility index (Phi) is 2.59. The molecule has 3 nitrogen and oxygen atoms in total. The van der Waals surface area contributed by atoms with Gasteiger partial charge in [0.05, 0.1) is 23.8 Å². The minimum absolute atomic E-state index is 0.0768. The number of fused-ring (bicyclic) bond motifs is 1. The molecular formula is C15H14N2O. The number of nitrogens with zero attached hydrogens (tertiary/aromatic N) is 2. The van der Waals surface area contributed by atoms with Crippen molar-refractivity contribution >= 4 is 5.91 Å². The van der Waals surface area contributed by atoms with Gasteiger partial charge >= 0.3 is 0 Å². The van der Waals surface area contributed by atoms with Crippen molar-refractivity contribution in [1.29, 1.82) is 0 Å². The molecule has 0 radical (unpaired) electrons. The predicted octanol–water partition coefficient (Wildman–Crippen LogP) is 2.80. The van der Waals surface area contributed by atoms with Crippen LogP contribution >= 0.6 is 0 Å². The summed E-state index contributed by atoms with van der Waals surface area (Å²) in [6.45, 7) is 2.66. The molecule has 0 saturated carbocycles. The summed E-state index contributed by atoms with van der Waals surface area (Å²) in [5.41, 5.74) is 2.77. The molecule has 1 aromatic carbocycles. The summed E-state index contributed by atoms with van der Waals surface area (Å²) in [6.07, 6.45) is 1.74. The van der Waals surface area contributed by atoms with Crippen molar-refractivity contribution in [2.45, 2.75) is 19.5 Å². The summed E-state index contributed by atoms with van der Waals surface area (Å²) < 4.78 is 0. The molecule has 1 aliphatic rings. The summed E-state index contributed by atoms with van der Waals surface area (Å²) in [5, 5.41) is 0. The molecule has 0 aliphatic carbocycles. The van der Waals surface area contributed by atoms with Crippen LogP contribution in [0.2, 0.25) is 0 Å². The van der Waals surface area contributed by atoms with Crippen LogP contribution in [0.25, 0.3) is 0 Å². The van der Waals surface area contributed by atoms with Crippen molar-refractivity contribution in [3.8, 4) is 0 Å². The highest BCUT2D eigenvalue weighted by molar-refractivity contribution is 5.97. The second kappa shape index (κ2) is 4.26. The van der Waals surface area contributed by atoms with Gasteiger partial charge in [-0.2, -0.15) is 0 Å². The lowest BCUT2D eigenvalue weighted by atomic mass is 10.1. The van der Waals surface area contributed by atoms with E-state index >= 15 is 0 Å². The van der Waals surface area contributed by atoms with Gasteiger partial charge in [0.25, 0.3) is 5.91 Å². The van der Waals surface area contributed by atoms with Crippen LogP contribution in [0.15, 0.2) is 48.7 Å². The first-order valence-electron chi connectivity index (χ1n) is 6.07. The lowest BCUT2D eigenvalue weighted by molar-refractivity contribution is 0.0715. The van der Waals surface area contributed by atoms with Gasteiger partial charge in [-0.05, 0) is 24.6 Å². The maximum absolute atomic E-state index is 12.3. The minimum Gasteiger partial charge on any atom is -0.326 e. The fraction of sp³-hybridized carbons (Fsp3) is 0.200. The average molecular weight is 238 g/mol. The van der Waals surface area contributed by atoms with Crippen molar-refractivity contribution in [2.24, 2.45) is 0 Å². The summed E-state index contributed by atoms with van der Waals surface area (Å²) in [5.74, 6) is 0.0782. The Hall–Kier alpha value is -2.16. The zero-order chi connectivity index (χ0) is 12.5. The Balaban J connectivity index is 1.91. The van der Waals surface area contributed by atoms with Gasteiger partial charge in [-0.1, -0.05) is 30.3 Å². The number of carbonyl (C=O) groups excluding carboxylic acids is 1. The largest absolute Gasteiger partial charge is 0.326 e. The highest BCUT2D eigenvalue weighted by atomic mass is 16.2. The molecule has 90 valence electrons. The van der Waals surface area contributed by atoms with E-state index in [1.807, 2.05) is 47.4 Å². The van der Waals surface area contributed by atoms with Crippen LogP contribution in [0.1, 0.15) is 34.6 Å². The predicted molar refractivity (Wildman–Crippen MR) is 69.0 cm³/mol. The fourth-order valence-corrected chi connectivity index (χ4v) is 2.37. The van der Waals surface area contributed by atoms with Crippen LogP contribution in [0.4, 0.5) is 0 Å². The van der Waals surface area contributed by atoms with Gasteiger partial charge in [0.15, 0.2) is 0 Å². The van der Waals surface area contributed by atoms with E-state index in [1.54, 1.807) is 6.20 Å². The third kappa shape index (κ3) is 1.68. The molecule has 2 heterocycles. The molecule has 18 heavy (non-hydrogen) atoms. The number of hydrogen-bond acceptors (Lipinski definition) is 2. The van der Waals surface area contributed by atoms with Gasteiger partial charge in [-0.25, -0.2) is 0 Å². The molecule has 0 unspecified atom stereocenters. The maximum Gasteiger partial charge on any atom is 0.256 e. The lowest BCUT2D eigenvalue weighted by Crippen LogP contribution is -2.27. The Bertz CT molecular complexity index is 580. The topological polar surface area (TPSA) is 33.2 Å². The molecule has 0 spiro atoms. The van der Waals surface area contributed by atoms with Crippen LogP contribution in [0.3, 0.4) is 0 Å². The molecule has 0 N–H and O–H groups in total. The molecular weight excluding hydrogens is 224 g/mol.